The van der Waals surface area contributed by atoms with E-state index in [0.717, 1.165) is 38.5 Å². The van der Waals surface area contributed by atoms with E-state index in [1.165, 1.54) is 18.7 Å². The van der Waals surface area contributed by atoms with E-state index in [0.29, 0.717) is 11.6 Å². The first-order chi connectivity index (χ1) is 14.3. The van der Waals surface area contributed by atoms with Crippen LogP contribution in [0.25, 0.3) is 0 Å². The number of fused-ring (bicyclic) bond motifs is 1. The molecule has 3 aliphatic carbocycles. The van der Waals surface area contributed by atoms with E-state index >= 15 is 0 Å². The van der Waals surface area contributed by atoms with Gasteiger partial charge in [-0.2, -0.15) is 0 Å². The van der Waals surface area contributed by atoms with E-state index in [1.807, 2.05) is 6.92 Å². The summed E-state index contributed by atoms with van der Waals surface area (Å²) in [4.78, 5) is 33.1. The number of nitrogens with zero attached hydrogens (tertiary/aromatic N) is 2. The number of nitrogens with one attached hydrogen (secondary N) is 2. The third-order valence-electron chi connectivity index (χ3n) is 8.01. The van der Waals surface area contributed by atoms with Gasteiger partial charge < -0.3 is 15.7 Å². The van der Waals surface area contributed by atoms with Crippen molar-refractivity contribution in [3.05, 3.63) is 24.3 Å². The van der Waals surface area contributed by atoms with Crippen LogP contribution in [0.4, 0.5) is 0 Å². The van der Waals surface area contributed by atoms with E-state index in [2.05, 4.69) is 34.4 Å². The molecule has 1 heterocycles. The number of carbonyl (C=O) groups excluding carboxylic acids is 2. The van der Waals surface area contributed by atoms with E-state index in [-0.39, 0.29) is 46.9 Å². The molecule has 30 heavy (non-hydrogen) atoms. The van der Waals surface area contributed by atoms with Crippen molar-refractivity contribution in [2.75, 3.05) is 0 Å². The molecular formula is C23H34N4O3. The highest BCUT2D eigenvalue weighted by Gasteiger charge is 2.54. The first kappa shape index (κ1) is 21.2. The SMILES string of the molecule is C[C@H]1[C@@H]2[C@@H](O)C([C@H](C)C(=O)NC3CC3)CC[C@@]2(C)CC[C@@H]1NC(=O)c1cncnc1. The average molecular weight is 415 g/mol. The van der Waals surface area contributed by atoms with Crippen LogP contribution >= 0.6 is 0 Å². The average Bonchev–Trinajstić information content (AvgIpc) is 3.54. The minimum Gasteiger partial charge on any atom is -0.392 e. The molecule has 0 saturated heterocycles. The minimum absolute atomic E-state index is 0.0141. The smallest absolute Gasteiger partial charge is 0.254 e. The van der Waals surface area contributed by atoms with Crippen molar-refractivity contribution < 1.29 is 14.7 Å². The summed E-state index contributed by atoms with van der Waals surface area (Å²) < 4.78 is 0. The molecule has 1 aromatic heterocycles. The summed E-state index contributed by atoms with van der Waals surface area (Å²) >= 11 is 0. The zero-order valence-corrected chi connectivity index (χ0v) is 18.2. The van der Waals surface area contributed by atoms with E-state index < -0.39 is 6.10 Å². The van der Waals surface area contributed by atoms with Gasteiger partial charge in [0.05, 0.1) is 11.7 Å². The molecule has 0 radical (unpaired) electrons. The Bertz CT molecular complexity index is 784. The second-order valence-corrected chi connectivity index (χ2v) is 10.0. The molecular weight excluding hydrogens is 380 g/mol. The minimum atomic E-state index is -0.543. The molecule has 164 valence electrons. The van der Waals surface area contributed by atoms with Crippen LogP contribution in [0.15, 0.2) is 18.7 Å². The van der Waals surface area contributed by atoms with Crippen LogP contribution in [0.5, 0.6) is 0 Å². The van der Waals surface area contributed by atoms with Crippen LogP contribution in [-0.2, 0) is 4.79 Å². The predicted octanol–water partition coefficient (Wildman–Crippen LogP) is 2.31. The van der Waals surface area contributed by atoms with Crippen molar-refractivity contribution in [1.82, 2.24) is 20.6 Å². The highest BCUT2D eigenvalue weighted by molar-refractivity contribution is 5.93. The topological polar surface area (TPSA) is 104 Å². The summed E-state index contributed by atoms with van der Waals surface area (Å²) in [6.45, 7) is 6.36. The number of hydrogen-bond acceptors (Lipinski definition) is 5. The van der Waals surface area contributed by atoms with E-state index in [9.17, 15) is 14.7 Å². The number of hydrogen-bond donors (Lipinski definition) is 3. The monoisotopic (exact) mass is 414 g/mol. The fraction of sp³-hybridized carbons (Fsp3) is 0.739. The number of rotatable bonds is 5. The quantitative estimate of drug-likeness (QED) is 0.686. The second-order valence-electron chi connectivity index (χ2n) is 10.0. The first-order valence-electron chi connectivity index (χ1n) is 11.3. The Balaban J connectivity index is 1.46. The molecule has 0 spiro atoms. The molecule has 3 fully saturated rings. The Morgan fingerprint density at radius 3 is 2.47 bits per heavy atom. The van der Waals surface area contributed by atoms with Gasteiger partial charge in [-0.3, -0.25) is 9.59 Å². The van der Waals surface area contributed by atoms with E-state index in [4.69, 9.17) is 0 Å². The number of aromatic nitrogens is 2. The largest absolute Gasteiger partial charge is 0.392 e. The summed E-state index contributed by atoms with van der Waals surface area (Å²) in [6.07, 6.45) is 9.78. The fourth-order valence-corrected chi connectivity index (χ4v) is 5.92. The van der Waals surface area contributed by atoms with Crippen molar-refractivity contribution in [3.63, 3.8) is 0 Å². The number of amides is 2. The molecule has 1 aromatic rings. The van der Waals surface area contributed by atoms with Crippen molar-refractivity contribution in [2.24, 2.45) is 29.1 Å². The molecule has 3 aliphatic rings. The van der Waals surface area contributed by atoms with Gasteiger partial charge in [-0.05, 0) is 61.7 Å². The van der Waals surface area contributed by atoms with Crippen molar-refractivity contribution in [1.29, 1.82) is 0 Å². The highest BCUT2D eigenvalue weighted by Crippen LogP contribution is 2.55. The van der Waals surface area contributed by atoms with Crippen LogP contribution in [-0.4, -0.2) is 45.1 Å². The third kappa shape index (κ3) is 4.09. The van der Waals surface area contributed by atoms with Crippen LogP contribution in [0.2, 0.25) is 0 Å². The maximum Gasteiger partial charge on any atom is 0.254 e. The maximum absolute atomic E-state index is 12.6. The summed E-state index contributed by atoms with van der Waals surface area (Å²) in [6, 6.07) is 0.320. The molecule has 3 N–H and O–H groups in total. The van der Waals surface area contributed by atoms with Crippen molar-refractivity contribution in [2.45, 2.75) is 77.5 Å². The van der Waals surface area contributed by atoms with Gasteiger partial charge in [0.15, 0.2) is 0 Å². The summed E-state index contributed by atoms with van der Waals surface area (Å²) in [5.41, 5.74) is 0.490. The molecule has 7 nitrogen and oxygen atoms in total. The molecule has 2 amide bonds. The lowest BCUT2D eigenvalue weighted by Gasteiger charge is -2.56. The van der Waals surface area contributed by atoms with Gasteiger partial charge in [0.2, 0.25) is 5.91 Å². The van der Waals surface area contributed by atoms with Crippen LogP contribution in [0.1, 0.15) is 69.7 Å². The fourth-order valence-electron chi connectivity index (χ4n) is 5.92. The Morgan fingerprint density at radius 1 is 1.13 bits per heavy atom. The molecule has 0 aliphatic heterocycles. The lowest BCUT2D eigenvalue weighted by Crippen LogP contribution is -2.58. The number of carbonyl (C=O) groups is 2. The molecule has 0 bridgehead atoms. The molecule has 4 rings (SSSR count). The Kier molecular flexibility index (Phi) is 5.84. The molecule has 3 saturated carbocycles. The Hall–Kier alpha value is -2.02. The zero-order chi connectivity index (χ0) is 21.5. The standard InChI is InChI=1S/C23H34N4O3/c1-13(21(29)26-16-4-5-16)17-6-8-23(3)9-7-18(14(2)19(23)20(17)28)27-22(30)15-10-24-12-25-11-15/h10-14,16-20,28H,4-9H2,1-3H3,(H,26,29)(H,27,30)/t13-,14+,17?,18-,19+,20-,23-/m0/s1. The number of aliphatic hydroxyl groups excluding tert-OH is 1. The third-order valence-corrected chi connectivity index (χ3v) is 8.01. The van der Waals surface area contributed by atoms with Crippen LogP contribution < -0.4 is 10.6 Å². The molecule has 1 unspecified atom stereocenters. The van der Waals surface area contributed by atoms with Gasteiger partial charge in [-0.1, -0.05) is 20.8 Å². The maximum atomic E-state index is 12.6. The zero-order valence-electron chi connectivity index (χ0n) is 18.2. The van der Waals surface area contributed by atoms with Gasteiger partial charge >= 0.3 is 0 Å². The van der Waals surface area contributed by atoms with Crippen molar-refractivity contribution in [3.8, 4) is 0 Å². The predicted molar refractivity (Wildman–Crippen MR) is 112 cm³/mol. The second kappa shape index (κ2) is 8.25. The summed E-state index contributed by atoms with van der Waals surface area (Å²) in [7, 11) is 0. The summed E-state index contributed by atoms with van der Waals surface area (Å²) in [5, 5.41) is 17.7. The molecule has 7 atom stereocenters. The van der Waals surface area contributed by atoms with Gasteiger partial charge in [-0.25, -0.2) is 9.97 Å². The van der Waals surface area contributed by atoms with Gasteiger partial charge in [0.1, 0.15) is 6.33 Å². The van der Waals surface area contributed by atoms with Crippen LogP contribution in [0, 0.1) is 29.1 Å². The Labute approximate surface area is 178 Å². The van der Waals surface area contributed by atoms with Crippen molar-refractivity contribution >= 4 is 11.8 Å². The lowest BCUT2D eigenvalue weighted by atomic mass is 9.51. The highest BCUT2D eigenvalue weighted by atomic mass is 16.3. The van der Waals surface area contributed by atoms with E-state index in [1.54, 1.807) is 0 Å². The number of aliphatic hydroxyl groups is 1. The van der Waals surface area contributed by atoms with Gasteiger partial charge in [0, 0.05) is 30.4 Å². The Morgan fingerprint density at radius 2 is 1.80 bits per heavy atom. The first-order valence-corrected chi connectivity index (χ1v) is 11.3. The molecule has 0 aromatic carbocycles. The van der Waals surface area contributed by atoms with Gasteiger partial charge in [0.25, 0.3) is 5.91 Å². The van der Waals surface area contributed by atoms with Crippen LogP contribution in [0.3, 0.4) is 0 Å². The lowest BCUT2D eigenvalue weighted by molar-refractivity contribution is -0.142. The normalized spacial score (nSPS) is 37.0. The summed E-state index contributed by atoms with van der Waals surface area (Å²) in [5.74, 6) is -0.167. The van der Waals surface area contributed by atoms with Gasteiger partial charge in [-0.15, -0.1) is 0 Å². The molecule has 7 heteroatoms.